The Kier molecular flexibility index (Phi) is 5.54. The molecule has 0 saturated carbocycles. The maximum absolute atomic E-state index is 11.8. The molecule has 5 heteroatoms. The molecule has 0 aliphatic carbocycles. The normalized spacial score (nSPS) is 15.6. The molecule has 1 aromatic rings. The number of rotatable bonds is 5. The number of hydrogen-bond acceptors (Lipinski definition) is 4. The van der Waals surface area contributed by atoms with E-state index in [2.05, 4.69) is 10.2 Å². The van der Waals surface area contributed by atoms with Crippen LogP contribution in [0.4, 0.5) is 5.69 Å². The van der Waals surface area contributed by atoms with Gasteiger partial charge in [-0.25, -0.2) is 0 Å². The number of carbonyl (C=O) groups is 1. The second kappa shape index (κ2) is 7.63. The van der Waals surface area contributed by atoms with Crippen LogP contribution in [0.1, 0.15) is 18.4 Å². The average Bonchev–Trinajstić information content (AvgIpc) is 2.49. The van der Waals surface area contributed by atoms with Gasteiger partial charge >= 0.3 is 0 Å². The van der Waals surface area contributed by atoms with E-state index in [0.29, 0.717) is 12.0 Å². The first-order chi connectivity index (χ1) is 9.78. The van der Waals surface area contributed by atoms with Gasteiger partial charge in [0, 0.05) is 25.2 Å². The predicted octanol–water partition coefficient (Wildman–Crippen LogP) is 1.61. The van der Waals surface area contributed by atoms with Crippen molar-refractivity contribution in [2.24, 2.45) is 0 Å². The van der Waals surface area contributed by atoms with Crippen molar-refractivity contribution in [2.75, 3.05) is 38.2 Å². The fourth-order valence-corrected chi connectivity index (χ4v) is 2.14. The average molecular weight is 273 g/mol. The van der Waals surface area contributed by atoms with Gasteiger partial charge in [0.15, 0.2) is 0 Å². The standard InChI is InChI=1S/C15H19N3O2/c16-12-13-3-5-14(6-4-13)17-15(19)2-1-7-18-8-10-20-11-9-18/h3-6H,1-2,7-11H2,(H,17,19). The van der Waals surface area contributed by atoms with Crippen LogP contribution in [0.15, 0.2) is 24.3 Å². The maximum atomic E-state index is 11.8. The lowest BCUT2D eigenvalue weighted by atomic mass is 10.2. The van der Waals surface area contributed by atoms with E-state index in [1.54, 1.807) is 24.3 Å². The third kappa shape index (κ3) is 4.65. The third-order valence-corrected chi connectivity index (χ3v) is 3.28. The number of nitriles is 1. The van der Waals surface area contributed by atoms with E-state index < -0.39 is 0 Å². The lowest BCUT2D eigenvalue weighted by molar-refractivity contribution is -0.116. The van der Waals surface area contributed by atoms with Crippen LogP contribution in [0.2, 0.25) is 0 Å². The number of hydrogen-bond donors (Lipinski definition) is 1. The van der Waals surface area contributed by atoms with Crippen LogP contribution in [0.5, 0.6) is 0 Å². The fourth-order valence-electron chi connectivity index (χ4n) is 2.14. The van der Waals surface area contributed by atoms with Gasteiger partial charge in [0.05, 0.1) is 24.8 Å². The Balaban J connectivity index is 1.68. The van der Waals surface area contributed by atoms with Crippen molar-refractivity contribution in [1.82, 2.24) is 4.90 Å². The predicted molar refractivity (Wildman–Crippen MR) is 76.3 cm³/mol. The van der Waals surface area contributed by atoms with Crippen LogP contribution in [-0.4, -0.2) is 43.7 Å². The molecule has 0 atom stereocenters. The quantitative estimate of drug-likeness (QED) is 0.885. The number of carbonyl (C=O) groups excluding carboxylic acids is 1. The van der Waals surface area contributed by atoms with E-state index in [0.717, 1.165) is 45.0 Å². The van der Waals surface area contributed by atoms with Gasteiger partial charge < -0.3 is 10.1 Å². The summed E-state index contributed by atoms with van der Waals surface area (Å²) < 4.78 is 5.28. The van der Waals surface area contributed by atoms with Crippen LogP contribution < -0.4 is 5.32 Å². The Morgan fingerprint density at radius 2 is 2.00 bits per heavy atom. The molecule has 1 saturated heterocycles. The number of anilines is 1. The van der Waals surface area contributed by atoms with Gasteiger partial charge in [-0.05, 0) is 37.2 Å². The van der Waals surface area contributed by atoms with E-state index in [1.807, 2.05) is 6.07 Å². The van der Waals surface area contributed by atoms with Gasteiger partial charge in [-0.15, -0.1) is 0 Å². The number of amides is 1. The zero-order valence-electron chi connectivity index (χ0n) is 11.5. The highest BCUT2D eigenvalue weighted by atomic mass is 16.5. The second-order valence-corrected chi connectivity index (χ2v) is 4.79. The summed E-state index contributed by atoms with van der Waals surface area (Å²) in [4.78, 5) is 14.1. The zero-order valence-corrected chi connectivity index (χ0v) is 11.5. The molecule has 0 bridgehead atoms. The van der Waals surface area contributed by atoms with Crippen molar-refractivity contribution in [3.8, 4) is 6.07 Å². The highest BCUT2D eigenvalue weighted by Gasteiger charge is 2.10. The molecule has 1 N–H and O–H groups in total. The molecule has 20 heavy (non-hydrogen) atoms. The highest BCUT2D eigenvalue weighted by molar-refractivity contribution is 5.90. The summed E-state index contributed by atoms with van der Waals surface area (Å²) in [6.45, 7) is 4.42. The van der Waals surface area contributed by atoms with E-state index in [1.165, 1.54) is 0 Å². The fraction of sp³-hybridized carbons (Fsp3) is 0.467. The summed E-state index contributed by atoms with van der Waals surface area (Å²) in [5.74, 6) is 0.0166. The summed E-state index contributed by atoms with van der Waals surface area (Å²) in [5.41, 5.74) is 1.33. The molecule has 1 aromatic carbocycles. The molecule has 1 amide bonds. The number of nitrogens with one attached hydrogen (secondary N) is 1. The summed E-state index contributed by atoms with van der Waals surface area (Å²) in [5, 5.41) is 11.5. The number of ether oxygens (including phenoxy) is 1. The van der Waals surface area contributed by atoms with Gasteiger partial charge in [-0.3, -0.25) is 9.69 Å². The van der Waals surface area contributed by atoms with Crippen molar-refractivity contribution >= 4 is 11.6 Å². The summed E-state index contributed by atoms with van der Waals surface area (Å²) in [6, 6.07) is 8.94. The minimum Gasteiger partial charge on any atom is -0.379 e. The SMILES string of the molecule is N#Cc1ccc(NC(=O)CCCN2CCOCC2)cc1. The number of nitrogens with zero attached hydrogens (tertiary/aromatic N) is 2. The molecule has 1 heterocycles. The first-order valence-corrected chi connectivity index (χ1v) is 6.88. The van der Waals surface area contributed by atoms with Crippen molar-refractivity contribution in [1.29, 1.82) is 5.26 Å². The van der Waals surface area contributed by atoms with Crippen molar-refractivity contribution in [3.63, 3.8) is 0 Å². The van der Waals surface area contributed by atoms with Crippen molar-refractivity contribution in [2.45, 2.75) is 12.8 Å². The van der Waals surface area contributed by atoms with Gasteiger partial charge in [-0.1, -0.05) is 0 Å². The molecule has 2 rings (SSSR count). The summed E-state index contributed by atoms with van der Waals surface area (Å²) in [6.07, 6.45) is 1.36. The first kappa shape index (κ1) is 14.5. The van der Waals surface area contributed by atoms with Gasteiger partial charge in [-0.2, -0.15) is 5.26 Å². The van der Waals surface area contributed by atoms with Crippen LogP contribution in [0.25, 0.3) is 0 Å². The molecule has 0 spiro atoms. The molecule has 5 nitrogen and oxygen atoms in total. The Morgan fingerprint density at radius 3 is 2.65 bits per heavy atom. The minimum atomic E-state index is 0.0166. The monoisotopic (exact) mass is 273 g/mol. The molecule has 106 valence electrons. The molecule has 1 aliphatic rings. The zero-order chi connectivity index (χ0) is 14.2. The number of benzene rings is 1. The molecule has 1 aliphatic heterocycles. The van der Waals surface area contributed by atoms with Crippen molar-refractivity contribution < 1.29 is 9.53 Å². The van der Waals surface area contributed by atoms with E-state index in [-0.39, 0.29) is 5.91 Å². The van der Waals surface area contributed by atoms with Crippen LogP contribution >= 0.6 is 0 Å². The van der Waals surface area contributed by atoms with Crippen LogP contribution in [0.3, 0.4) is 0 Å². The summed E-state index contributed by atoms with van der Waals surface area (Å²) in [7, 11) is 0. The summed E-state index contributed by atoms with van der Waals surface area (Å²) >= 11 is 0. The molecule has 1 fully saturated rings. The molecular weight excluding hydrogens is 254 g/mol. The number of morpholine rings is 1. The third-order valence-electron chi connectivity index (χ3n) is 3.28. The first-order valence-electron chi connectivity index (χ1n) is 6.88. The maximum Gasteiger partial charge on any atom is 0.224 e. The molecule has 0 unspecified atom stereocenters. The lowest BCUT2D eigenvalue weighted by Gasteiger charge is -2.26. The minimum absolute atomic E-state index is 0.0166. The topological polar surface area (TPSA) is 65.4 Å². The van der Waals surface area contributed by atoms with E-state index >= 15 is 0 Å². The molecule has 0 radical (unpaired) electrons. The Morgan fingerprint density at radius 1 is 1.30 bits per heavy atom. The van der Waals surface area contributed by atoms with E-state index in [9.17, 15) is 4.79 Å². The Hall–Kier alpha value is -1.90. The van der Waals surface area contributed by atoms with Crippen LogP contribution in [0, 0.1) is 11.3 Å². The Labute approximate surface area is 119 Å². The Bertz CT molecular complexity index is 473. The largest absolute Gasteiger partial charge is 0.379 e. The van der Waals surface area contributed by atoms with Crippen molar-refractivity contribution in [3.05, 3.63) is 29.8 Å². The molecular formula is C15H19N3O2. The van der Waals surface area contributed by atoms with Gasteiger partial charge in [0.1, 0.15) is 0 Å². The second-order valence-electron chi connectivity index (χ2n) is 4.79. The lowest BCUT2D eigenvalue weighted by Crippen LogP contribution is -2.37. The van der Waals surface area contributed by atoms with Gasteiger partial charge in [0.2, 0.25) is 5.91 Å². The molecule has 0 aromatic heterocycles. The van der Waals surface area contributed by atoms with Gasteiger partial charge in [0.25, 0.3) is 0 Å². The van der Waals surface area contributed by atoms with E-state index in [4.69, 9.17) is 10.00 Å². The highest BCUT2D eigenvalue weighted by Crippen LogP contribution is 2.09. The van der Waals surface area contributed by atoms with Crippen LogP contribution in [-0.2, 0) is 9.53 Å². The smallest absolute Gasteiger partial charge is 0.224 e.